The number of esters is 1. The molecule has 248 valence electrons. The van der Waals surface area contributed by atoms with Gasteiger partial charge in [0, 0.05) is 38.6 Å². The van der Waals surface area contributed by atoms with E-state index in [0.29, 0.717) is 75.7 Å². The molecule has 1 amide bonds. The maximum absolute atomic E-state index is 13.7. The average molecular weight is 633 g/mol. The Kier molecular flexibility index (Phi) is 12.7. The lowest BCUT2D eigenvalue weighted by Crippen LogP contribution is -2.40. The lowest BCUT2D eigenvalue weighted by atomic mass is 10.1. The van der Waals surface area contributed by atoms with Crippen LogP contribution in [0.3, 0.4) is 0 Å². The molecule has 0 saturated heterocycles. The summed E-state index contributed by atoms with van der Waals surface area (Å²) in [5, 5.41) is 0.988. The van der Waals surface area contributed by atoms with Crippen LogP contribution in [-0.2, 0) is 38.6 Å². The summed E-state index contributed by atoms with van der Waals surface area (Å²) in [5.41, 5.74) is 9.75. The molecule has 0 saturated carbocycles. The Hall–Kier alpha value is -4.22. The fourth-order valence-electron chi connectivity index (χ4n) is 5.62. The number of benzene rings is 2. The Morgan fingerprint density at radius 1 is 1.02 bits per heavy atom. The number of para-hydroxylation sites is 1. The fraction of sp³-hybridized carbons (Fsp3) is 0.486. The largest absolute Gasteiger partial charge is 0.479 e. The van der Waals surface area contributed by atoms with Crippen LogP contribution in [0.5, 0.6) is 5.75 Å². The molecule has 2 aromatic heterocycles. The normalized spacial score (nSPS) is 12.1. The summed E-state index contributed by atoms with van der Waals surface area (Å²) < 4.78 is 18.8. The Labute approximate surface area is 271 Å². The van der Waals surface area contributed by atoms with Gasteiger partial charge in [0.25, 0.3) is 0 Å². The second-order valence-electron chi connectivity index (χ2n) is 11.2. The highest BCUT2D eigenvalue weighted by Crippen LogP contribution is 2.29. The van der Waals surface area contributed by atoms with E-state index in [-0.39, 0.29) is 11.9 Å². The first-order valence-corrected chi connectivity index (χ1v) is 16.3. The SMILES string of the molecule is CCOC(=O)C(CC)Oc1cccc(CN(CCCn2c(CCOC)nc3c(N)nc4ccccc4c32)C(=O)CN(CC)CC)c1. The highest BCUT2D eigenvalue weighted by Gasteiger charge is 2.22. The van der Waals surface area contributed by atoms with Crippen LogP contribution in [0.25, 0.3) is 21.9 Å². The Morgan fingerprint density at radius 2 is 1.80 bits per heavy atom. The lowest BCUT2D eigenvalue weighted by Gasteiger charge is -2.27. The van der Waals surface area contributed by atoms with E-state index < -0.39 is 6.10 Å². The molecule has 0 fully saturated rings. The summed E-state index contributed by atoms with van der Waals surface area (Å²) in [6.07, 6.45) is 1.13. The number of nitrogen functional groups attached to an aromatic ring is 1. The molecule has 0 spiro atoms. The van der Waals surface area contributed by atoms with Crippen molar-refractivity contribution in [1.82, 2.24) is 24.3 Å². The minimum atomic E-state index is -0.687. The summed E-state index contributed by atoms with van der Waals surface area (Å²) in [6.45, 7) is 12.1. The van der Waals surface area contributed by atoms with E-state index in [9.17, 15) is 9.59 Å². The highest BCUT2D eigenvalue weighted by atomic mass is 16.6. The first-order valence-electron chi connectivity index (χ1n) is 16.3. The van der Waals surface area contributed by atoms with E-state index in [2.05, 4.69) is 28.3 Å². The molecule has 4 aromatic rings. The topological polar surface area (TPSA) is 125 Å². The number of likely N-dealkylation sites (N-methyl/N-ethyl adjacent to an activating group) is 1. The third-order valence-electron chi connectivity index (χ3n) is 8.11. The van der Waals surface area contributed by atoms with Crippen LogP contribution in [0.1, 0.15) is 51.9 Å². The molecule has 0 bridgehead atoms. The quantitative estimate of drug-likeness (QED) is 0.154. The minimum absolute atomic E-state index is 0.0574. The van der Waals surface area contributed by atoms with Gasteiger partial charge in [-0.1, -0.05) is 51.1 Å². The number of fused-ring (bicyclic) bond motifs is 3. The Bertz CT molecular complexity index is 1600. The van der Waals surface area contributed by atoms with E-state index >= 15 is 0 Å². The monoisotopic (exact) mass is 632 g/mol. The number of pyridine rings is 1. The number of hydrogen-bond donors (Lipinski definition) is 1. The molecule has 2 N–H and O–H groups in total. The number of ether oxygens (including phenoxy) is 3. The van der Waals surface area contributed by atoms with Crippen LogP contribution in [0, 0.1) is 0 Å². The third-order valence-corrected chi connectivity index (χ3v) is 8.11. The first-order chi connectivity index (χ1) is 22.3. The highest BCUT2D eigenvalue weighted by molar-refractivity contribution is 6.06. The van der Waals surface area contributed by atoms with E-state index in [4.69, 9.17) is 24.9 Å². The molecule has 0 aliphatic heterocycles. The molecule has 2 heterocycles. The smallest absolute Gasteiger partial charge is 0.347 e. The molecule has 0 radical (unpaired) electrons. The molecular weight excluding hydrogens is 584 g/mol. The van der Waals surface area contributed by atoms with Gasteiger partial charge < -0.3 is 29.4 Å². The second-order valence-corrected chi connectivity index (χ2v) is 11.2. The molecule has 11 heteroatoms. The van der Waals surface area contributed by atoms with Gasteiger partial charge in [-0.3, -0.25) is 9.69 Å². The number of carbonyl (C=O) groups excluding carboxylic acids is 2. The fourth-order valence-corrected chi connectivity index (χ4v) is 5.62. The molecule has 2 aromatic carbocycles. The molecule has 1 unspecified atom stereocenters. The number of methoxy groups -OCH3 is 1. The van der Waals surface area contributed by atoms with Gasteiger partial charge in [-0.05, 0) is 56.6 Å². The van der Waals surface area contributed by atoms with E-state index in [1.807, 2.05) is 60.4 Å². The summed E-state index contributed by atoms with van der Waals surface area (Å²) >= 11 is 0. The van der Waals surface area contributed by atoms with Crippen LogP contribution in [0.15, 0.2) is 48.5 Å². The number of aromatic nitrogens is 3. The number of aryl methyl sites for hydroxylation is 1. The van der Waals surface area contributed by atoms with Gasteiger partial charge in [-0.2, -0.15) is 0 Å². The molecule has 11 nitrogen and oxygen atoms in total. The van der Waals surface area contributed by atoms with Crippen molar-refractivity contribution >= 4 is 39.6 Å². The van der Waals surface area contributed by atoms with Crippen molar-refractivity contribution in [3.63, 3.8) is 0 Å². The van der Waals surface area contributed by atoms with Crippen molar-refractivity contribution < 1.29 is 23.8 Å². The minimum Gasteiger partial charge on any atom is -0.479 e. The Morgan fingerprint density at radius 3 is 2.52 bits per heavy atom. The zero-order valence-electron chi connectivity index (χ0n) is 27.8. The van der Waals surface area contributed by atoms with Gasteiger partial charge in [-0.25, -0.2) is 14.8 Å². The third kappa shape index (κ3) is 8.52. The number of nitrogens with two attached hydrogens (primary N) is 1. The Balaban J connectivity index is 1.59. The van der Waals surface area contributed by atoms with Crippen molar-refractivity contribution in [2.45, 2.75) is 66.2 Å². The van der Waals surface area contributed by atoms with Gasteiger partial charge in [-0.15, -0.1) is 0 Å². The first kappa shape index (κ1) is 34.6. The van der Waals surface area contributed by atoms with Crippen molar-refractivity contribution in [2.75, 3.05) is 52.2 Å². The zero-order chi connectivity index (χ0) is 33.1. The number of nitrogens with zero attached hydrogens (tertiary/aromatic N) is 5. The van der Waals surface area contributed by atoms with Crippen molar-refractivity contribution in [3.8, 4) is 5.75 Å². The average Bonchev–Trinajstić information content (AvgIpc) is 3.43. The van der Waals surface area contributed by atoms with Crippen LogP contribution >= 0.6 is 0 Å². The van der Waals surface area contributed by atoms with Gasteiger partial charge in [0.2, 0.25) is 5.91 Å². The molecular formula is C35H48N6O5. The predicted octanol–water partition coefficient (Wildman–Crippen LogP) is 4.84. The number of carbonyl (C=O) groups is 2. The lowest BCUT2D eigenvalue weighted by molar-refractivity contribution is -0.151. The van der Waals surface area contributed by atoms with Crippen LogP contribution in [0.4, 0.5) is 5.82 Å². The van der Waals surface area contributed by atoms with Crippen LogP contribution < -0.4 is 10.5 Å². The molecule has 0 aliphatic carbocycles. The van der Waals surface area contributed by atoms with E-state index in [1.54, 1.807) is 14.0 Å². The second kappa shape index (κ2) is 16.9. The van der Waals surface area contributed by atoms with E-state index in [1.165, 1.54) is 0 Å². The molecule has 1 atom stereocenters. The predicted molar refractivity (Wildman–Crippen MR) is 181 cm³/mol. The van der Waals surface area contributed by atoms with Gasteiger partial charge >= 0.3 is 5.97 Å². The number of amides is 1. The van der Waals surface area contributed by atoms with Gasteiger partial charge in [0.1, 0.15) is 17.1 Å². The number of hydrogen-bond acceptors (Lipinski definition) is 9. The van der Waals surface area contributed by atoms with Crippen LogP contribution in [-0.4, -0.2) is 88.8 Å². The summed E-state index contributed by atoms with van der Waals surface area (Å²) in [7, 11) is 1.68. The summed E-state index contributed by atoms with van der Waals surface area (Å²) in [6, 6.07) is 15.5. The van der Waals surface area contributed by atoms with Crippen LogP contribution in [0.2, 0.25) is 0 Å². The summed E-state index contributed by atoms with van der Waals surface area (Å²) in [5.74, 6) is 1.52. The van der Waals surface area contributed by atoms with Crippen molar-refractivity contribution in [2.24, 2.45) is 0 Å². The molecule has 0 aliphatic rings. The zero-order valence-corrected chi connectivity index (χ0v) is 27.8. The van der Waals surface area contributed by atoms with Gasteiger partial charge in [0.15, 0.2) is 11.9 Å². The van der Waals surface area contributed by atoms with Gasteiger partial charge in [0.05, 0.1) is 30.8 Å². The molecule has 46 heavy (non-hydrogen) atoms. The number of imidazole rings is 1. The summed E-state index contributed by atoms with van der Waals surface area (Å²) in [4.78, 5) is 39.5. The van der Waals surface area contributed by atoms with Crippen molar-refractivity contribution in [3.05, 3.63) is 59.9 Å². The van der Waals surface area contributed by atoms with E-state index in [0.717, 1.165) is 40.9 Å². The maximum Gasteiger partial charge on any atom is 0.347 e. The molecule has 4 rings (SSSR count). The maximum atomic E-state index is 13.7. The number of anilines is 1. The standard InChI is InChI=1S/C35H48N6O5/c1-6-29(35(43)45-9-4)46-26-15-12-14-25(22-26)23-40(31(42)24-39(7-2)8-3)19-13-20-41-30(18-21-44-5)38-32-33(41)27-16-10-11-17-28(27)37-34(32)36/h10-12,14-17,22,29H,6-9,13,18-21,23-24H2,1-5H3,(H2,36,37). The van der Waals surface area contributed by atoms with Crippen molar-refractivity contribution in [1.29, 1.82) is 0 Å². The number of rotatable bonds is 18.